The number of rotatable bonds is 6. The van der Waals surface area contributed by atoms with E-state index in [1.54, 1.807) is 61.5 Å². The largest absolute Gasteiger partial charge is 0.474 e. The van der Waals surface area contributed by atoms with Crippen LogP contribution in [0.3, 0.4) is 0 Å². The highest BCUT2D eigenvalue weighted by atomic mass is 35.5. The summed E-state index contributed by atoms with van der Waals surface area (Å²) >= 11 is 12.1. The molecule has 7 heteroatoms. The minimum atomic E-state index is -0.950. The van der Waals surface area contributed by atoms with Crippen molar-refractivity contribution in [2.75, 3.05) is 6.61 Å². The van der Waals surface area contributed by atoms with Gasteiger partial charge in [-0.1, -0.05) is 59.6 Å². The Morgan fingerprint density at radius 3 is 2.56 bits per heavy atom. The second-order valence-corrected chi connectivity index (χ2v) is 7.77. The third kappa shape index (κ3) is 4.64. The molecular weight excluding hydrogens is 451 g/mol. The quantitative estimate of drug-likeness (QED) is 0.314. The summed E-state index contributed by atoms with van der Waals surface area (Å²) in [4.78, 5) is 25.2. The van der Waals surface area contributed by atoms with Gasteiger partial charge in [-0.05, 0) is 42.8 Å². The molecule has 1 aliphatic heterocycles. The monoisotopic (exact) mass is 468 g/mol. The Morgan fingerprint density at radius 2 is 1.84 bits per heavy atom. The van der Waals surface area contributed by atoms with E-state index < -0.39 is 12.1 Å². The molecule has 0 saturated carbocycles. The molecule has 0 radical (unpaired) electrons. The van der Waals surface area contributed by atoms with E-state index in [0.29, 0.717) is 38.2 Å². The lowest BCUT2D eigenvalue weighted by atomic mass is 10.1. The summed E-state index contributed by atoms with van der Waals surface area (Å²) in [6.45, 7) is 1.96. The first kappa shape index (κ1) is 21.9. The van der Waals surface area contributed by atoms with E-state index in [9.17, 15) is 9.59 Å². The van der Waals surface area contributed by atoms with Gasteiger partial charge in [0.05, 0.1) is 12.2 Å². The van der Waals surface area contributed by atoms with Crippen molar-refractivity contribution in [3.63, 3.8) is 0 Å². The molecule has 0 spiro atoms. The summed E-state index contributed by atoms with van der Waals surface area (Å²) < 4.78 is 16.9. The molecule has 1 aliphatic rings. The number of benzene rings is 3. The van der Waals surface area contributed by atoms with Crippen LogP contribution in [0.1, 0.15) is 34.5 Å². The summed E-state index contributed by atoms with van der Waals surface area (Å²) in [6.07, 6.45) is 0.613. The maximum absolute atomic E-state index is 12.8. The van der Waals surface area contributed by atoms with E-state index in [1.165, 1.54) is 0 Å². The number of fused-ring (bicyclic) bond motifs is 1. The maximum atomic E-state index is 12.8. The van der Waals surface area contributed by atoms with E-state index in [4.69, 9.17) is 37.4 Å². The van der Waals surface area contributed by atoms with E-state index in [-0.39, 0.29) is 18.1 Å². The molecule has 0 aliphatic carbocycles. The number of halogens is 2. The van der Waals surface area contributed by atoms with E-state index in [0.717, 1.165) is 0 Å². The summed E-state index contributed by atoms with van der Waals surface area (Å²) in [5.74, 6) is 0.0480. The van der Waals surface area contributed by atoms with Crippen molar-refractivity contribution in [1.29, 1.82) is 0 Å². The third-order valence-electron chi connectivity index (χ3n) is 4.75. The maximum Gasteiger partial charge on any atom is 0.352 e. The molecule has 1 atom stereocenters. The van der Waals surface area contributed by atoms with E-state index in [2.05, 4.69) is 0 Å². The topological polar surface area (TPSA) is 61.8 Å². The number of esters is 1. The molecule has 4 rings (SSSR count). The van der Waals surface area contributed by atoms with Crippen LogP contribution in [0.4, 0.5) is 0 Å². The van der Waals surface area contributed by atoms with Crippen LogP contribution in [-0.4, -0.2) is 18.4 Å². The average Bonchev–Trinajstić information content (AvgIpc) is 3.09. The summed E-state index contributed by atoms with van der Waals surface area (Å²) in [5.41, 5.74) is 1.65. The Hall–Kier alpha value is -3.28. The minimum absolute atomic E-state index is 0.131. The fourth-order valence-electron chi connectivity index (χ4n) is 3.23. The molecule has 0 N–H and O–H groups in total. The smallest absolute Gasteiger partial charge is 0.352 e. The van der Waals surface area contributed by atoms with Crippen molar-refractivity contribution in [1.82, 2.24) is 0 Å². The molecule has 3 aromatic rings. The van der Waals surface area contributed by atoms with Crippen LogP contribution in [-0.2, 0) is 9.53 Å². The summed E-state index contributed by atoms with van der Waals surface area (Å²) in [5, 5.41) is 0.900. The lowest BCUT2D eigenvalue weighted by molar-refractivity contribution is -0.151. The Bertz CT molecular complexity index is 1200. The first-order valence-electron chi connectivity index (χ1n) is 9.88. The SMILES string of the molecule is CCOC(=O)[C@H](Oc1ccc2c(c1)O/C(=C\c1ccc(Cl)cc1Cl)C2=O)c1ccccc1. The molecule has 5 nitrogen and oxygen atoms in total. The Labute approximate surface area is 195 Å². The van der Waals surface area contributed by atoms with Crippen molar-refractivity contribution >= 4 is 41.0 Å². The van der Waals surface area contributed by atoms with Gasteiger partial charge in [-0.3, -0.25) is 4.79 Å². The first-order valence-corrected chi connectivity index (χ1v) is 10.6. The summed E-state index contributed by atoms with van der Waals surface area (Å²) in [7, 11) is 0. The van der Waals surface area contributed by atoms with Gasteiger partial charge in [0, 0.05) is 21.7 Å². The number of hydrogen-bond acceptors (Lipinski definition) is 5. The highest BCUT2D eigenvalue weighted by molar-refractivity contribution is 6.35. The van der Waals surface area contributed by atoms with Crippen LogP contribution in [0.15, 0.2) is 72.5 Å². The zero-order chi connectivity index (χ0) is 22.7. The van der Waals surface area contributed by atoms with Gasteiger partial charge in [-0.2, -0.15) is 0 Å². The van der Waals surface area contributed by atoms with E-state index in [1.807, 2.05) is 18.2 Å². The Balaban J connectivity index is 1.60. The van der Waals surface area contributed by atoms with Gasteiger partial charge in [-0.15, -0.1) is 0 Å². The number of hydrogen-bond donors (Lipinski definition) is 0. The lowest BCUT2D eigenvalue weighted by Gasteiger charge is -2.18. The second-order valence-electron chi connectivity index (χ2n) is 6.92. The van der Waals surface area contributed by atoms with Gasteiger partial charge in [0.1, 0.15) is 11.5 Å². The van der Waals surface area contributed by atoms with Crippen LogP contribution >= 0.6 is 23.2 Å². The molecule has 0 saturated heterocycles. The number of ketones is 1. The zero-order valence-corrected chi connectivity index (χ0v) is 18.5. The molecule has 1 heterocycles. The lowest BCUT2D eigenvalue weighted by Crippen LogP contribution is -2.21. The van der Waals surface area contributed by atoms with Crippen molar-refractivity contribution < 1.29 is 23.8 Å². The summed E-state index contributed by atoms with van der Waals surface area (Å²) in [6, 6.07) is 18.8. The molecule has 32 heavy (non-hydrogen) atoms. The standard InChI is InChI=1S/C25H18Cl2O5/c1-2-30-25(29)24(15-6-4-3-5-7-15)31-18-10-11-19-21(14-18)32-22(23(19)28)12-16-8-9-17(26)13-20(16)27/h3-14,24H,2H2,1H3/b22-12-/t24-/m1/s1. The number of allylic oxidation sites excluding steroid dienone is 1. The van der Waals surface area contributed by atoms with Crippen molar-refractivity contribution in [3.8, 4) is 11.5 Å². The van der Waals surface area contributed by atoms with Crippen LogP contribution in [0, 0.1) is 0 Å². The molecule has 0 fully saturated rings. The van der Waals surface area contributed by atoms with Crippen molar-refractivity contribution in [2.24, 2.45) is 0 Å². The van der Waals surface area contributed by atoms with Gasteiger partial charge >= 0.3 is 5.97 Å². The second kappa shape index (κ2) is 9.47. The van der Waals surface area contributed by atoms with Gasteiger partial charge in [0.15, 0.2) is 5.76 Å². The number of Topliss-reactive ketones (excluding diaryl/α,β-unsaturated/α-hetero) is 1. The molecule has 0 aromatic heterocycles. The molecule has 0 bridgehead atoms. The number of carbonyl (C=O) groups is 2. The van der Waals surface area contributed by atoms with Gasteiger partial charge in [0.25, 0.3) is 0 Å². The molecule has 0 amide bonds. The fourth-order valence-corrected chi connectivity index (χ4v) is 3.70. The number of ether oxygens (including phenoxy) is 3. The number of carbonyl (C=O) groups excluding carboxylic acids is 2. The third-order valence-corrected chi connectivity index (χ3v) is 5.31. The van der Waals surface area contributed by atoms with Gasteiger partial charge < -0.3 is 14.2 Å². The first-order chi connectivity index (χ1) is 15.5. The normalized spacial score (nSPS) is 14.6. The predicted octanol–water partition coefficient (Wildman–Crippen LogP) is 6.29. The Morgan fingerprint density at radius 1 is 1.06 bits per heavy atom. The van der Waals surface area contributed by atoms with Crippen LogP contribution in [0.25, 0.3) is 6.08 Å². The Kier molecular flexibility index (Phi) is 6.49. The highest BCUT2D eigenvalue weighted by Crippen LogP contribution is 2.37. The van der Waals surface area contributed by atoms with Crippen molar-refractivity contribution in [3.05, 3.63) is 99.2 Å². The molecular formula is C25H18Cl2O5. The average molecular weight is 469 g/mol. The van der Waals surface area contributed by atoms with E-state index >= 15 is 0 Å². The minimum Gasteiger partial charge on any atom is -0.474 e. The highest BCUT2D eigenvalue weighted by Gasteiger charge is 2.29. The van der Waals surface area contributed by atoms with Gasteiger partial charge in [0.2, 0.25) is 11.9 Å². The zero-order valence-electron chi connectivity index (χ0n) is 17.0. The van der Waals surface area contributed by atoms with Crippen LogP contribution in [0.5, 0.6) is 11.5 Å². The fraction of sp³-hybridized carbons (Fsp3) is 0.120. The molecule has 0 unspecified atom stereocenters. The molecule has 162 valence electrons. The van der Waals surface area contributed by atoms with Crippen LogP contribution in [0.2, 0.25) is 10.0 Å². The van der Waals surface area contributed by atoms with Crippen LogP contribution < -0.4 is 9.47 Å². The molecule has 3 aromatic carbocycles. The van der Waals surface area contributed by atoms with Crippen molar-refractivity contribution in [2.45, 2.75) is 13.0 Å². The van der Waals surface area contributed by atoms with Gasteiger partial charge in [-0.25, -0.2) is 4.79 Å². The predicted molar refractivity (Wildman–Crippen MR) is 122 cm³/mol.